The van der Waals surface area contributed by atoms with Gasteiger partial charge >= 0.3 is 0 Å². The second kappa shape index (κ2) is 8.09. The van der Waals surface area contributed by atoms with Crippen LogP contribution in [0.4, 0.5) is 0 Å². The number of amides is 1. The zero-order valence-electron chi connectivity index (χ0n) is 12.8. The summed E-state index contributed by atoms with van der Waals surface area (Å²) >= 11 is 7.60. The van der Waals surface area contributed by atoms with Crippen molar-refractivity contribution in [1.29, 1.82) is 0 Å². The Bertz CT molecular complexity index is 480. The van der Waals surface area contributed by atoms with Gasteiger partial charge in [-0.2, -0.15) is 0 Å². The van der Waals surface area contributed by atoms with Crippen LogP contribution in [0.15, 0.2) is 24.3 Å². The van der Waals surface area contributed by atoms with Gasteiger partial charge in [0.05, 0.1) is 5.75 Å². The van der Waals surface area contributed by atoms with Crippen LogP contribution in [-0.4, -0.2) is 17.7 Å². The first-order valence-corrected chi connectivity index (χ1v) is 9.21. The highest BCUT2D eigenvalue weighted by Gasteiger charge is 2.27. The SMILES string of the molecule is C[C@@H]1[C@H](C)CCC[C@@H]1NC(=O)CSCc1cccc(Cl)c1. The van der Waals surface area contributed by atoms with Crippen LogP contribution in [-0.2, 0) is 10.5 Å². The zero-order chi connectivity index (χ0) is 15.2. The fraction of sp³-hybridized carbons (Fsp3) is 0.588. The van der Waals surface area contributed by atoms with E-state index in [-0.39, 0.29) is 5.91 Å². The lowest BCUT2D eigenvalue weighted by molar-refractivity contribution is -0.119. The highest BCUT2D eigenvalue weighted by molar-refractivity contribution is 7.99. The van der Waals surface area contributed by atoms with E-state index < -0.39 is 0 Å². The first-order chi connectivity index (χ1) is 10.1. The number of carbonyl (C=O) groups excluding carboxylic acids is 1. The number of thioether (sulfide) groups is 1. The summed E-state index contributed by atoms with van der Waals surface area (Å²) in [5.41, 5.74) is 1.17. The number of nitrogens with one attached hydrogen (secondary N) is 1. The van der Waals surface area contributed by atoms with Crippen molar-refractivity contribution >= 4 is 29.3 Å². The van der Waals surface area contributed by atoms with Gasteiger partial charge in [0.1, 0.15) is 0 Å². The predicted octanol–water partition coefficient (Wildman–Crippen LogP) is 4.51. The second-order valence-corrected chi connectivity index (χ2v) is 7.49. The van der Waals surface area contributed by atoms with E-state index in [4.69, 9.17) is 11.6 Å². The molecule has 1 aliphatic rings. The normalized spacial score (nSPS) is 25.6. The predicted molar refractivity (Wildman–Crippen MR) is 91.7 cm³/mol. The third-order valence-electron chi connectivity index (χ3n) is 4.44. The van der Waals surface area contributed by atoms with Gasteiger partial charge in [0, 0.05) is 16.8 Å². The van der Waals surface area contributed by atoms with Crippen molar-refractivity contribution in [2.45, 2.75) is 44.9 Å². The summed E-state index contributed by atoms with van der Waals surface area (Å²) in [5, 5.41) is 3.96. The molecule has 1 fully saturated rings. The van der Waals surface area contributed by atoms with Crippen molar-refractivity contribution in [2.75, 3.05) is 5.75 Å². The lowest BCUT2D eigenvalue weighted by atomic mass is 9.78. The highest BCUT2D eigenvalue weighted by atomic mass is 35.5. The molecule has 2 nitrogen and oxygen atoms in total. The lowest BCUT2D eigenvalue weighted by Gasteiger charge is -2.34. The van der Waals surface area contributed by atoms with Crippen molar-refractivity contribution < 1.29 is 4.79 Å². The van der Waals surface area contributed by atoms with Gasteiger partial charge in [-0.25, -0.2) is 0 Å². The van der Waals surface area contributed by atoms with E-state index in [9.17, 15) is 4.79 Å². The molecule has 0 spiro atoms. The maximum absolute atomic E-state index is 12.1. The summed E-state index contributed by atoms with van der Waals surface area (Å²) in [6.45, 7) is 4.55. The van der Waals surface area contributed by atoms with Crippen LogP contribution in [0.2, 0.25) is 5.02 Å². The minimum atomic E-state index is 0.160. The van der Waals surface area contributed by atoms with Crippen LogP contribution < -0.4 is 5.32 Å². The number of rotatable bonds is 5. The molecule has 2 rings (SSSR count). The molecule has 1 aromatic carbocycles. The molecule has 0 unspecified atom stereocenters. The molecule has 1 aliphatic carbocycles. The molecule has 1 amide bonds. The molecule has 0 aromatic heterocycles. The zero-order valence-corrected chi connectivity index (χ0v) is 14.3. The molecular formula is C17H24ClNOS. The van der Waals surface area contributed by atoms with Crippen molar-refractivity contribution in [1.82, 2.24) is 5.32 Å². The third kappa shape index (κ3) is 5.23. The molecule has 1 N–H and O–H groups in total. The number of hydrogen-bond donors (Lipinski definition) is 1. The average molecular weight is 326 g/mol. The van der Waals surface area contributed by atoms with Crippen LogP contribution in [0, 0.1) is 11.8 Å². The molecule has 116 valence electrons. The first-order valence-electron chi connectivity index (χ1n) is 7.68. The fourth-order valence-electron chi connectivity index (χ4n) is 2.92. The van der Waals surface area contributed by atoms with Gasteiger partial charge in [-0.3, -0.25) is 4.79 Å². The van der Waals surface area contributed by atoms with Crippen LogP contribution in [0.25, 0.3) is 0 Å². The number of hydrogen-bond acceptors (Lipinski definition) is 2. The summed E-state index contributed by atoms with van der Waals surface area (Å²) in [6, 6.07) is 8.17. The Morgan fingerprint density at radius 3 is 2.95 bits per heavy atom. The first kappa shape index (κ1) is 16.7. The second-order valence-electron chi connectivity index (χ2n) is 6.06. The Kier molecular flexibility index (Phi) is 6.43. The number of benzene rings is 1. The molecule has 3 atom stereocenters. The van der Waals surface area contributed by atoms with Gasteiger partial charge in [-0.15, -0.1) is 11.8 Å². The van der Waals surface area contributed by atoms with Crippen molar-refractivity contribution in [2.24, 2.45) is 11.8 Å². The van der Waals surface area contributed by atoms with Gasteiger partial charge in [0.2, 0.25) is 5.91 Å². The van der Waals surface area contributed by atoms with Crippen molar-refractivity contribution in [3.05, 3.63) is 34.9 Å². The fourth-order valence-corrected chi connectivity index (χ4v) is 3.92. The molecule has 0 radical (unpaired) electrons. The number of carbonyl (C=O) groups is 1. The van der Waals surface area contributed by atoms with Crippen molar-refractivity contribution in [3.63, 3.8) is 0 Å². The summed E-state index contributed by atoms with van der Waals surface area (Å²) < 4.78 is 0. The van der Waals surface area contributed by atoms with E-state index in [1.54, 1.807) is 11.8 Å². The minimum Gasteiger partial charge on any atom is -0.352 e. The molecule has 4 heteroatoms. The summed E-state index contributed by atoms with van der Waals surface area (Å²) in [4.78, 5) is 12.1. The Balaban J connectivity index is 1.72. The quantitative estimate of drug-likeness (QED) is 0.862. The van der Waals surface area contributed by atoms with Gasteiger partial charge < -0.3 is 5.32 Å². The van der Waals surface area contributed by atoms with E-state index >= 15 is 0 Å². The third-order valence-corrected chi connectivity index (χ3v) is 5.68. The standard InChI is InChI=1S/C17H24ClNOS/c1-12-5-3-8-16(13(12)2)19-17(20)11-21-10-14-6-4-7-15(18)9-14/h4,6-7,9,12-13,16H,3,5,8,10-11H2,1-2H3,(H,19,20)/t12-,13-,16+/m1/s1. The Labute approximate surface area is 137 Å². The van der Waals surface area contributed by atoms with Gasteiger partial charge in [0.15, 0.2) is 0 Å². The largest absolute Gasteiger partial charge is 0.352 e. The monoisotopic (exact) mass is 325 g/mol. The summed E-state index contributed by atoms with van der Waals surface area (Å²) in [7, 11) is 0. The van der Waals surface area contributed by atoms with E-state index in [1.807, 2.05) is 24.3 Å². The van der Waals surface area contributed by atoms with Crippen LogP contribution >= 0.6 is 23.4 Å². The maximum Gasteiger partial charge on any atom is 0.230 e. The molecule has 0 heterocycles. The molecule has 1 saturated carbocycles. The van der Waals surface area contributed by atoms with Gasteiger partial charge in [-0.05, 0) is 36.0 Å². The maximum atomic E-state index is 12.1. The van der Waals surface area contributed by atoms with Crippen LogP contribution in [0.1, 0.15) is 38.7 Å². The summed E-state index contributed by atoms with van der Waals surface area (Å²) in [5.74, 6) is 2.80. The Morgan fingerprint density at radius 2 is 2.19 bits per heavy atom. The van der Waals surface area contributed by atoms with E-state index in [2.05, 4.69) is 19.2 Å². The topological polar surface area (TPSA) is 29.1 Å². The number of halogens is 1. The van der Waals surface area contributed by atoms with Gasteiger partial charge in [0.25, 0.3) is 0 Å². The van der Waals surface area contributed by atoms with E-state index in [1.165, 1.54) is 18.4 Å². The highest BCUT2D eigenvalue weighted by Crippen LogP contribution is 2.29. The molecule has 1 aromatic rings. The van der Waals surface area contributed by atoms with Crippen LogP contribution in [0.5, 0.6) is 0 Å². The smallest absolute Gasteiger partial charge is 0.230 e. The molecule has 0 aliphatic heterocycles. The summed E-state index contributed by atoms with van der Waals surface area (Å²) in [6.07, 6.45) is 3.64. The molecule has 21 heavy (non-hydrogen) atoms. The molecular weight excluding hydrogens is 302 g/mol. The average Bonchev–Trinajstić information content (AvgIpc) is 2.44. The van der Waals surface area contributed by atoms with Crippen molar-refractivity contribution in [3.8, 4) is 0 Å². The molecule has 0 bridgehead atoms. The Hall–Kier alpha value is -0.670. The Morgan fingerprint density at radius 1 is 1.38 bits per heavy atom. The minimum absolute atomic E-state index is 0.160. The van der Waals surface area contributed by atoms with E-state index in [0.717, 1.165) is 17.2 Å². The van der Waals surface area contributed by atoms with E-state index in [0.29, 0.717) is 23.6 Å². The van der Waals surface area contributed by atoms with Gasteiger partial charge in [-0.1, -0.05) is 50.4 Å². The van der Waals surface area contributed by atoms with Crippen LogP contribution in [0.3, 0.4) is 0 Å². The molecule has 0 saturated heterocycles. The lowest BCUT2D eigenvalue weighted by Crippen LogP contribution is -2.44.